The van der Waals surface area contributed by atoms with Gasteiger partial charge in [0, 0.05) is 35.5 Å². The summed E-state index contributed by atoms with van der Waals surface area (Å²) < 4.78 is 0. The first-order valence-corrected chi connectivity index (χ1v) is 8.63. The number of thiazole rings is 1. The highest BCUT2D eigenvalue weighted by Crippen LogP contribution is 2.28. The largest absolute Gasteiger partial charge is 0.321 e. The quantitative estimate of drug-likeness (QED) is 0.760. The Labute approximate surface area is 144 Å². The summed E-state index contributed by atoms with van der Waals surface area (Å²) in [4.78, 5) is 26.0. The first kappa shape index (κ1) is 16.3. The Morgan fingerprint density at radius 2 is 2.00 bits per heavy atom. The van der Waals surface area contributed by atoms with Crippen LogP contribution in [0.4, 0.5) is 5.69 Å². The van der Waals surface area contributed by atoms with Crippen molar-refractivity contribution in [1.82, 2.24) is 15.0 Å². The second-order valence-corrected chi connectivity index (χ2v) is 6.41. The molecule has 0 aromatic carbocycles. The van der Waals surface area contributed by atoms with Gasteiger partial charge in [0.05, 0.1) is 5.69 Å². The number of rotatable bonds is 5. The summed E-state index contributed by atoms with van der Waals surface area (Å²) in [5, 5.41) is 3.71. The topological polar surface area (TPSA) is 67.8 Å². The van der Waals surface area contributed by atoms with Crippen LogP contribution < -0.4 is 5.32 Å². The van der Waals surface area contributed by atoms with E-state index in [-0.39, 0.29) is 5.91 Å². The lowest BCUT2D eigenvalue weighted by Crippen LogP contribution is -2.11. The number of hydrogen-bond acceptors (Lipinski definition) is 5. The minimum atomic E-state index is -0.148. The van der Waals surface area contributed by atoms with Crippen molar-refractivity contribution in [3.05, 3.63) is 59.1 Å². The number of aromatic nitrogens is 3. The molecule has 0 spiro atoms. The molecule has 122 valence electrons. The van der Waals surface area contributed by atoms with Gasteiger partial charge in [0.2, 0.25) is 0 Å². The molecule has 0 atom stereocenters. The van der Waals surface area contributed by atoms with Crippen LogP contribution in [0.15, 0.2) is 42.9 Å². The third-order valence-electron chi connectivity index (χ3n) is 3.51. The average molecular weight is 338 g/mol. The van der Waals surface area contributed by atoms with Gasteiger partial charge >= 0.3 is 0 Å². The Morgan fingerprint density at radius 3 is 2.75 bits per heavy atom. The number of anilines is 1. The smallest absolute Gasteiger partial charge is 0.267 e. The van der Waals surface area contributed by atoms with Crippen LogP contribution in [0.25, 0.3) is 10.6 Å². The number of carbonyl (C=O) groups excluding carboxylic acids is 1. The van der Waals surface area contributed by atoms with Gasteiger partial charge in [0.1, 0.15) is 9.88 Å². The predicted molar refractivity (Wildman–Crippen MR) is 96.3 cm³/mol. The fourth-order valence-electron chi connectivity index (χ4n) is 2.36. The molecular formula is C18H18N4OS. The van der Waals surface area contributed by atoms with Gasteiger partial charge in [0.15, 0.2) is 0 Å². The van der Waals surface area contributed by atoms with Crippen molar-refractivity contribution in [1.29, 1.82) is 0 Å². The maximum atomic E-state index is 12.5. The maximum Gasteiger partial charge on any atom is 0.267 e. The van der Waals surface area contributed by atoms with Gasteiger partial charge < -0.3 is 5.32 Å². The second kappa shape index (κ2) is 7.31. The summed E-state index contributed by atoms with van der Waals surface area (Å²) in [5.41, 5.74) is 3.50. The molecule has 0 aliphatic heterocycles. The van der Waals surface area contributed by atoms with E-state index < -0.39 is 0 Å². The lowest BCUT2D eigenvalue weighted by Gasteiger charge is -2.02. The summed E-state index contributed by atoms with van der Waals surface area (Å²) in [6, 6.07) is 7.50. The molecule has 0 unspecified atom stereocenters. The molecule has 3 aromatic rings. The third-order valence-corrected chi connectivity index (χ3v) is 4.72. The lowest BCUT2D eigenvalue weighted by molar-refractivity contribution is 0.103. The van der Waals surface area contributed by atoms with Gasteiger partial charge in [-0.1, -0.05) is 13.3 Å². The fraction of sp³-hybridized carbons (Fsp3) is 0.222. The molecule has 0 saturated carbocycles. The van der Waals surface area contributed by atoms with E-state index in [2.05, 4.69) is 27.2 Å². The van der Waals surface area contributed by atoms with Gasteiger partial charge in [-0.2, -0.15) is 0 Å². The molecule has 3 aromatic heterocycles. The van der Waals surface area contributed by atoms with Crippen LogP contribution in [0, 0.1) is 6.92 Å². The Balaban J connectivity index is 1.85. The van der Waals surface area contributed by atoms with Crippen LogP contribution in [-0.4, -0.2) is 20.9 Å². The third kappa shape index (κ3) is 3.65. The minimum absolute atomic E-state index is 0.148. The summed E-state index contributed by atoms with van der Waals surface area (Å²) in [6.07, 6.45) is 7.08. The van der Waals surface area contributed by atoms with E-state index in [0.717, 1.165) is 40.5 Å². The molecule has 24 heavy (non-hydrogen) atoms. The van der Waals surface area contributed by atoms with Crippen LogP contribution in [0.5, 0.6) is 0 Å². The molecular weight excluding hydrogens is 320 g/mol. The van der Waals surface area contributed by atoms with Gasteiger partial charge in [-0.15, -0.1) is 11.3 Å². The number of nitrogens with one attached hydrogen (secondary N) is 1. The van der Waals surface area contributed by atoms with Crippen molar-refractivity contribution in [3.8, 4) is 10.6 Å². The van der Waals surface area contributed by atoms with Gasteiger partial charge in [-0.3, -0.25) is 14.8 Å². The van der Waals surface area contributed by atoms with E-state index >= 15 is 0 Å². The SMILES string of the molecule is CCCc1cc(-c2nc(C)c(C(=O)Nc3ccncc3)s2)ccn1. The molecule has 3 heterocycles. The van der Waals surface area contributed by atoms with Crippen LogP contribution in [-0.2, 0) is 6.42 Å². The molecule has 0 aliphatic carbocycles. The highest BCUT2D eigenvalue weighted by molar-refractivity contribution is 7.17. The molecule has 6 heteroatoms. The Kier molecular flexibility index (Phi) is 4.96. The number of pyridine rings is 2. The molecule has 0 saturated heterocycles. The molecule has 0 aliphatic rings. The normalized spacial score (nSPS) is 10.6. The van der Waals surface area contributed by atoms with E-state index in [4.69, 9.17) is 0 Å². The highest BCUT2D eigenvalue weighted by Gasteiger charge is 2.16. The predicted octanol–water partition coefficient (Wildman–Crippen LogP) is 4.11. The minimum Gasteiger partial charge on any atom is -0.321 e. The van der Waals surface area contributed by atoms with Gasteiger partial charge in [0.25, 0.3) is 5.91 Å². The molecule has 0 radical (unpaired) electrons. The standard InChI is InChI=1S/C18H18N4OS/c1-3-4-15-11-13(5-10-20-15)18-21-12(2)16(24-18)17(23)22-14-6-8-19-9-7-14/h5-11H,3-4H2,1-2H3,(H,19,22,23). The lowest BCUT2D eigenvalue weighted by atomic mass is 10.2. The summed E-state index contributed by atoms with van der Waals surface area (Å²) in [5.74, 6) is -0.148. The zero-order chi connectivity index (χ0) is 16.9. The van der Waals surface area contributed by atoms with Gasteiger partial charge in [-0.05, 0) is 37.6 Å². The molecule has 0 fully saturated rings. The van der Waals surface area contributed by atoms with Crippen LogP contribution in [0.3, 0.4) is 0 Å². The zero-order valence-electron chi connectivity index (χ0n) is 13.6. The number of hydrogen-bond donors (Lipinski definition) is 1. The van der Waals surface area contributed by atoms with Crippen molar-refractivity contribution in [2.45, 2.75) is 26.7 Å². The van der Waals surface area contributed by atoms with Crippen LogP contribution in [0.1, 0.15) is 34.4 Å². The van der Waals surface area contributed by atoms with E-state index in [1.807, 2.05) is 19.1 Å². The van der Waals surface area contributed by atoms with Crippen molar-refractivity contribution in [3.63, 3.8) is 0 Å². The van der Waals surface area contributed by atoms with Gasteiger partial charge in [-0.25, -0.2) is 4.98 Å². The molecule has 0 bridgehead atoms. The second-order valence-electron chi connectivity index (χ2n) is 5.41. The Morgan fingerprint density at radius 1 is 1.21 bits per heavy atom. The fourth-order valence-corrected chi connectivity index (χ4v) is 3.32. The van der Waals surface area contributed by atoms with E-state index in [1.54, 1.807) is 30.7 Å². The summed E-state index contributed by atoms with van der Waals surface area (Å²) in [6.45, 7) is 3.99. The van der Waals surface area contributed by atoms with Crippen molar-refractivity contribution < 1.29 is 4.79 Å². The number of aryl methyl sites for hydroxylation is 2. The summed E-state index contributed by atoms with van der Waals surface area (Å²) in [7, 11) is 0. The zero-order valence-corrected chi connectivity index (χ0v) is 14.4. The monoisotopic (exact) mass is 338 g/mol. The molecule has 1 amide bonds. The van der Waals surface area contributed by atoms with Crippen molar-refractivity contribution >= 4 is 22.9 Å². The van der Waals surface area contributed by atoms with E-state index in [0.29, 0.717) is 4.88 Å². The molecule has 5 nitrogen and oxygen atoms in total. The average Bonchev–Trinajstić information content (AvgIpc) is 2.98. The number of carbonyl (C=O) groups is 1. The Hall–Kier alpha value is -2.60. The number of amides is 1. The van der Waals surface area contributed by atoms with Crippen LogP contribution >= 0.6 is 11.3 Å². The van der Waals surface area contributed by atoms with E-state index in [1.165, 1.54) is 11.3 Å². The molecule has 1 N–H and O–H groups in total. The molecule has 3 rings (SSSR count). The summed E-state index contributed by atoms with van der Waals surface area (Å²) >= 11 is 1.40. The van der Waals surface area contributed by atoms with Crippen LogP contribution in [0.2, 0.25) is 0 Å². The highest BCUT2D eigenvalue weighted by atomic mass is 32.1. The number of nitrogens with zero attached hydrogens (tertiary/aromatic N) is 3. The first-order valence-electron chi connectivity index (χ1n) is 7.81. The first-order chi connectivity index (χ1) is 11.7. The van der Waals surface area contributed by atoms with Crippen molar-refractivity contribution in [2.75, 3.05) is 5.32 Å². The maximum absolute atomic E-state index is 12.5. The van der Waals surface area contributed by atoms with Crippen molar-refractivity contribution in [2.24, 2.45) is 0 Å². The van der Waals surface area contributed by atoms with E-state index in [9.17, 15) is 4.79 Å². The Bertz CT molecular complexity index is 845.